The average Bonchev–Trinajstić information content (AvgIpc) is 2.76. The number of aryl methyl sites for hydroxylation is 1. The zero-order valence-corrected chi connectivity index (χ0v) is 11.5. The summed E-state index contributed by atoms with van der Waals surface area (Å²) in [6.45, 7) is 6.58. The monoisotopic (exact) mass is 243 g/mol. The quantitative estimate of drug-likeness (QED) is 0.887. The van der Waals surface area contributed by atoms with Crippen molar-refractivity contribution in [1.82, 2.24) is 9.78 Å². The number of nitrogens with one attached hydrogen (secondary N) is 1. The Morgan fingerprint density at radius 1 is 1.17 bits per heavy atom. The number of benzene rings is 1. The number of anilines is 1. The fourth-order valence-electron chi connectivity index (χ4n) is 2.12. The molecule has 0 aliphatic rings. The van der Waals surface area contributed by atoms with Gasteiger partial charge < -0.3 is 5.32 Å². The van der Waals surface area contributed by atoms with Gasteiger partial charge in [0.05, 0.1) is 11.7 Å². The molecule has 0 bridgehead atoms. The second-order valence-electron chi connectivity index (χ2n) is 5.03. The van der Waals surface area contributed by atoms with Gasteiger partial charge in [-0.25, -0.2) is 0 Å². The van der Waals surface area contributed by atoms with E-state index in [1.807, 2.05) is 24.0 Å². The van der Waals surface area contributed by atoms with Gasteiger partial charge in [-0.3, -0.25) is 4.68 Å². The van der Waals surface area contributed by atoms with Crippen molar-refractivity contribution in [3.05, 3.63) is 47.8 Å². The van der Waals surface area contributed by atoms with E-state index in [9.17, 15) is 0 Å². The number of hydrogen-bond acceptors (Lipinski definition) is 2. The smallest absolute Gasteiger partial charge is 0.0653 e. The highest BCUT2D eigenvalue weighted by Crippen LogP contribution is 2.22. The van der Waals surface area contributed by atoms with Gasteiger partial charge in [0.25, 0.3) is 0 Å². The summed E-state index contributed by atoms with van der Waals surface area (Å²) in [5.41, 5.74) is 3.71. The van der Waals surface area contributed by atoms with Crippen LogP contribution in [0.5, 0.6) is 0 Å². The van der Waals surface area contributed by atoms with Crippen LogP contribution >= 0.6 is 0 Å². The van der Waals surface area contributed by atoms with E-state index in [2.05, 4.69) is 55.5 Å². The lowest BCUT2D eigenvalue weighted by atomic mass is 10.0. The first-order valence-electron chi connectivity index (χ1n) is 6.42. The van der Waals surface area contributed by atoms with Crippen molar-refractivity contribution in [2.75, 3.05) is 5.32 Å². The van der Waals surface area contributed by atoms with E-state index in [1.165, 1.54) is 11.3 Å². The summed E-state index contributed by atoms with van der Waals surface area (Å²) in [5, 5.41) is 7.72. The first-order chi connectivity index (χ1) is 8.58. The molecule has 1 unspecified atom stereocenters. The minimum atomic E-state index is 0.250. The van der Waals surface area contributed by atoms with E-state index in [4.69, 9.17) is 0 Å². The maximum absolute atomic E-state index is 4.20. The second kappa shape index (κ2) is 5.25. The van der Waals surface area contributed by atoms with Gasteiger partial charge in [-0.1, -0.05) is 26.0 Å². The zero-order chi connectivity index (χ0) is 13.1. The van der Waals surface area contributed by atoms with Crippen LogP contribution in [0.2, 0.25) is 0 Å². The van der Waals surface area contributed by atoms with E-state index in [0.29, 0.717) is 5.92 Å². The molecule has 1 N–H and O–H groups in total. The summed E-state index contributed by atoms with van der Waals surface area (Å²) in [6, 6.07) is 10.9. The standard InChI is InChI=1S/C15H21N3/c1-11(2)13-6-5-7-14(10-13)17-12(3)15-8-9-16-18(15)4/h5-12,17H,1-4H3. The van der Waals surface area contributed by atoms with Gasteiger partial charge in [0.1, 0.15) is 0 Å². The molecule has 0 fully saturated rings. The van der Waals surface area contributed by atoms with Crippen molar-refractivity contribution in [1.29, 1.82) is 0 Å². The molecule has 1 aromatic heterocycles. The van der Waals surface area contributed by atoms with Gasteiger partial charge in [-0.15, -0.1) is 0 Å². The van der Waals surface area contributed by atoms with Crippen LogP contribution in [-0.4, -0.2) is 9.78 Å². The molecule has 1 heterocycles. The number of nitrogens with zero attached hydrogens (tertiary/aromatic N) is 2. The van der Waals surface area contributed by atoms with Crippen LogP contribution in [0, 0.1) is 0 Å². The SMILES string of the molecule is CC(C)c1cccc(NC(C)c2ccnn2C)c1. The second-order valence-corrected chi connectivity index (χ2v) is 5.03. The topological polar surface area (TPSA) is 29.9 Å². The van der Waals surface area contributed by atoms with E-state index in [0.717, 1.165) is 5.69 Å². The highest BCUT2D eigenvalue weighted by Gasteiger charge is 2.09. The molecule has 2 rings (SSSR count). The predicted molar refractivity (Wildman–Crippen MR) is 75.8 cm³/mol. The normalized spacial score (nSPS) is 12.7. The third-order valence-electron chi connectivity index (χ3n) is 3.24. The molecular formula is C15H21N3. The van der Waals surface area contributed by atoms with Gasteiger partial charge in [0, 0.05) is 18.9 Å². The van der Waals surface area contributed by atoms with Crippen LogP contribution < -0.4 is 5.32 Å². The van der Waals surface area contributed by atoms with Gasteiger partial charge in [0.15, 0.2) is 0 Å². The molecule has 0 aliphatic carbocycles. The van der Waals surface area contributed by atoms with E-state index >= 15 is 0 Å². The molecule has 0 saturated heterocycles. The summed E-state index contributed by atoms with van der Waals surface area (Å²) in [6.07, 6.45) is 1.83. The summed E-state index contributed by atoms with van der Waals surface area (Å²) in [5.74, 6) is 0.554. The van der Waals surface area contributed by atoms with Crippen LogP contribution in [0.1, 0.15) is 44.0 Å². The lowest BCUT2D eigenvalue weighted by Crippen LogP contribution is -2.11. The number of aromatic nitrogens is 2. The Kier molecular flexibility index (Phi) is 3.70. The Morgan fingerprint density at radius 2 is 1.94 bits per heavy atom. The van der Waals surface area contributed by atoms with E-state index < -0.39 is 0 Å². The first kappa shape index (κ1) is 12.7. The fraction of sp³-hybridized carbons (Fsp3) is 0.400. The summed E-state index contributed by atoms with van der Waals surface area (Å²) >= 11 is 0. The number of rotatable bonds is 4. The van der Waals surface area contributed by atoms with Crippen LogP contribution in [0.4, 0.5) is 5.69 Å². The van der Waals surface area contributed by atoms with Gasteiger partial charge in [-0.2, -0.15) is 5.10 Å². The minimum absolute atomic E-state index is 0.250. The Hall–Kier alpha value is -1.77. The number of hydrogen-bond donors (Lipinski definition) is 1. The van der Waals surface area contributed by atoms with Gasteiger partial charge in [-0.05, 0) is 36.6 Å². The summed E-state index contributed by atoms with van der Waals surface area (Å²) in [7, 11) is 1.97. The lowest BCUT2D eigenvalue weighted by Gasteiger charge is -2.17. The van der Waals surface area contributed by atoms with E-state index in [1.54, 1.807) is 0 Å². The molecule has 0 radical (unpaired) electrons. The van der Waals surface area contributed by atoms with Gasteiger partial charge in [0.2, 0.25) is 0 Å². The van der Waals surface area contributed by atoms with Crippen LogP contribution in [-0.2, 0) is 7.05 Å². The minimum Gasteiger partial charge on any atom is -0.377 e. The first-order valence-corrected chi connectivity index (χ1v) is 6.42. The highest BCUT2D eigenvalue weighted by atomic mass is 15.3. The zero-order valence-electron chi connectivity index (χ0n) is 11.5. The third-order valence-corrected chi connectivity index (χ3v) is 3.24. The molecule has 0 saturated carbocycles. The molecule has 0 aliphatic heterocycles. The summed E-state index contributed by atoms with van der Waals surface area (Å²) in [4.78, 5) is 0. The molecule has 0 spiro atoms. The third kappa shape index (κ3) is 2.73. The van der Waals surface area contributed by atoms with Crippen LogP contribution in [0.25, 0.3) is 0 Å². The molecule has 96 valence electrons. The molecule has 3 heteroatoms. The van der Waals surface area contributed by atoms with E-state index in [-0.39, 0.29) is 6.04 Å². The highest BCUT2D eigenvalue weighted by molar-refractivity contribution is 5.47. The largest absolute Gasteiger partial charge is 0.377 e. The Labute approximate surface area is 109 Å². The van der Waals surface area contributed by atoms with Crippen LogP contribution in [0.15, 0.2) is 36.5 Å². The van der Waals surface area contributed by atoms with Crippen molar-refractivity contribution in [2.45, 2.75) is 32.7 Å². The average molecular weight is 243 g/mol. The van der Waals surface area contributed by atoms with Gasteiger partial charge >= 0.3 is 0 Å². The predicted octanol–water partition coefficient (Wildman–Crippen LogP) is 3.72. The molecule has 1 atom stereocenters. The molecule has 18 heavy (non-hydrogen) atoms. The lowest BCUT2D eigenvalue weighted by molar-refractivity contribution is 0.675. The molecule has 0 amide bonds. The van der Waals surface area contributed by atoms with Crippen LogP contribution in [0.3, 0.4) is 0 Å². The molecule has 2 aromatic rings. The van der Waals surface area contributed by atoms with Crippen molar-refractivity contribution >= 4 is 5.69 Å². The summed E-state index contributed by atoms with van der Waals surface area (Å²) < 4.78 is 1.91. The van der Waals surface area contributed by atoms with Crippen molar-refractivity contribution in [2.24, 2.45) is 7.05 Å². The molecule has 1 aromatic carbocycles. The van der Waals surface area contributed by atoms with Crippen molar-refractivity contribution < 1.29 is 0 Å². The van der Waals surface area contributed by atoms with Crippen molar-refractivity contribution in [3.8, 4) is 0 Å². The fourth-order valence-corrected chi connectivity index (χ4v) is 2.12. The Bertz CT molecular complexity index is 514. The molecular weight excluding hydrogens is 222 g/mol. The maximum Gasteiger partial charge on any atom is 0.0653 e. The molecule has 3 nitrogen and oxygen atoms in total. The Balaban J connectivity index is 2.14. The maximum atomic E-state index is 4.20. The van der Waals surface area contributed by atoms with Crippen molar-refractivity contribution in [3.63, 3.8) is 0 Å². The Morgan fingerprint density at radius 3 is 2.56 bits per heavy atom.